The van der Waals surface area contributed by atoms with Gasteiger partial charge in [0.2, 0.25) is 0 Å². The fourth-order valence-corrected chi connectivity index (χ4v) is 0.689. The normalized spacial score (nSPS) is 9.31. The number of hydrogen-bond donors (Lipinski definition) is 1. The summed E-state index contributed by atoms with van der Waals surface area (Å²) in [7, 11) is 0. The van der Waals surface area contributed by atoms with Crippen molar-refractivity contribution >= 4 is 5.97 Å². The van der Waals surface area contributed by atoms with Gasteiger partial charge in [0.25, 0.3) is 0 Å². The summed E-state index contributed by atoms with van der Waals surface area (Å²) in [6.07, 6.45) is 0.249. The van der Waals surface area contributed by atoms with Gasteiger partial charge >= 0.3 is 5.97 Å². The topological polar surface area (TPSA) is 55.8 Å². The molecular weight excluding hydrogens is 172 g/mol. The average Bonchev–Trinajstić information content (AvgIpc) is 2.14. The summed E-state index contributed by atoms with van der Waals surface area (Å²) < 4.78 is 0. The molecule has 0 atom stereocenters. The molecule has 0 aromatic heterocycles. The Balaban J connectivity index is 2.50. The van der Waals surface area contributed by atoms with Gasteiger partial charge in [-0.2, -0.15) is 0 Å². The molecule has 0 saturated carbocycles. The second-order valence-electron chi connectivity index (χ2n) is 2.39. The Kier molecular flexibility index (Phi) is 3.14. The summed E-state index contributed by atoms with van der Waals surface area (Å²) in [5, 5.41) is 9.02. The van der Waals surface area contributed by atoms with Gasteiger partial charge in [-0.3, -0.25) is 9.78 Å². The van der Waals surface area contributed by atoms with Gasteiger partial charge in [0.15, 0.2) is 5.75 Å². The van der Waals surface area contributed by atoms with E-state index in [0.29, 0.717) is 5.75 Å². The van der Waals surface area contributed by atoms with E-state index in [0.717, 1.165) is 0 Å². The molecule has 0 aliphatic carbocycles. The van der Waals surface area contributed by atoms with Crippen LogP contribution in [0.1, 0.15) is 13.3 Å². The van der Waals surface area contributed by atoms with Crippen molar-refractivity contribution in [1.29, 1.82) is 0 Å². The number of hydrogen-bond acceptors (Lipinski definition) is 4. The maximum absolute atomic E-state index is 10.7. The molecule has 1 aromatic rings. The molecule has 1 aromatic carbocycles. The van der Waals surface area contributed by atoms with Gasteiger partial charge in [-0.15, -0.1) is 0 Å². The number of carbonyl (C=O) groups excluding carboxylic acids is 1. The van der Waals surface area contributed by atoms with E-state index < -0.39 is 5.97 Å². The second kappa shape index (κ2) is 4.35. The minimum absolute atomic E-state index is 0.0602. The molecule has 1 rings (SSSR count). The quantitative estimate of drug-likeness (QED) is 0.570. The third-order valence-electron chi connectivity index (χ3n) is 1.34. The molecule has 70 valence electrons. The Morgan fingerprint density at radius 2 is 2.31 bits per heavy atom. The summed E-state index contributed by atoms with van der Waals surface area (Å²) in [4.78, 5) is 19.7. The van der Waals surface area contributed by atoms with Crippen molar-refractivity contribution in [3.63, 3.8) is 0 Å². The predicted molar refractivity (Wildman–Crippen MR) is 45.1 cm³/mol. The summed E-state index contributed by atoms with van der Waals surface area (Å²) in [6, 6.07) is 6.00. The minimum Gasteiger partial charge on any atom is -0.508 e. The number of phenols is 1. The predicted octanol–water partition coefficient (Wildman–Crippen LogP) is 1.64. The zero-order chi connectivity index (χ0) is 9.68. The molecule has 0 spiro atoms. The standard InChI is InChI=1S/C9H10O4/c1-2-9(11)13-12-8-5-3-4-7(10)6-8/h3-6,10H,2H2,1H3. The Bertz CT molecular complexity index is 295. The van der Waals surface area contributed by atoms with E-state index in [1.54, 1.807) is 19.1 Å². The lowest BCUT2D eigenvalue weighted by Gasteiger charge is -2.02. The maximum Gasteiger partial charge on any atom is 0.355 e. The van der Waals surface area contributed by atoms with E-state index in [1.165, 1.54) is 12.1 Å². The number of carbonyl (C=O) groups is 1. The highest BCUT2D eigenvalue weighted by molar-refractivity contribution is 5.68. The van der Waals surface area contributed by atoms with Crippen LogP contribution in [0.3, 0.4) is 0 Å². The monoisotopic (exact) mass is 182 g/mol. The van der Waals surface area contributed by atoms with E-state index in [2.05, 4.69) is 9.78 Å². The van der Waals surface area contributed by atoms with Gasteiger partial charge in [0.1, 0.15) is 5.75 Å². The van der Waals surface area contributed by atoms with E-state index in [4.69, 9.17) is 5.11 Å². The molecule has 0 unspecified atom stereocenters. The number of aromatic hydroxyl groups is 1. The van der Waals surface area contributed by atoms with Crippen molar-refractivity contribution in [2.45, 2.75) is 13.3 Å². The first kappa shape index (κ1) is 9.38. The SMILES string of the molecule is CCC(=O)OOc1cccc(O)c1. The molecule has 13 heavy (non-hydrogen) atoms. The summed E-state index contributed by atoms with van der Waals surface area (Å²) >= 11 is 0. The zero-order valence-electron chi connectivity index (χ0n) is 7.19. The highest BCUT2D eigenvalue weighted by Gasteiger charge is 2.01. The van der Waals surface area contributed by atoms with Crippen LogP contribution >= 0.6 is 0 Å². The average molecular weight is 182 g/mol. The summed E-state index contributed by atoms with van der Waals surface area (Å²) in [5.74, 6) is -0.102. The zero-order valence-corrected chi connectivity index (χ0v) is 7.19. The number of benzene rings is 1. The van der Waals surface area contributed by atoms with Gasteiger partial charge in [-0.05, 0) is 12.1 Å². The molecule has 0 fully saturated rings. The maximum atomic E-state index is 10.7. The lowest BCUT2D eigenvalue weighted by molar-refractivity contribution is -0.213. The first-order chi connectivity index (χ1) is 6.22. The smallest absolute Gasteiger partial charge is 0.355 e. The van der Waals surface area contributed by atoms with Crippen molar-refractivity contribution in [2.75, 3.05) is 0 Å². The van der Waals surface area contributed by atoms with Gasteiger partial charge < -0.3 is 5.11 Å². The molecule has 0 aliphatic rings. The van der Waals surface area contributed by atoms with Crippen LogP contribution in [0.15, 0.2) is 24.3 Å². The van der Waals surface area contributed by atoms with Crippen LogP contribution in [0.4, 0.5) is 0 Å². The Labute approximate surface area is 75.6 Å². The Morgan fingerprint density at radius 1 is 1.54 bits per heavy atom. The van der Waals surface area contributed by atoms with Crippen molar-refractivity contribution < 1.29 is 19.7 Å². The summed E-state index contributed by atoms with van der Waals surface area (Å²) in [5.41, 5.74) is 0. The Hall–Kier alpha value is -1.71. The molecular formula is C9H10O4. The van der Waals surface area contributed by atoms with Crippen LogP contribution in [-0.4, -0.2) is 11.1 Å². The Morgan fingerprint density at radius 3 is 2.92 bits per heavy atom. The van der Waals surface area contributed by atoms with Gasteiger partial charge in [0, 0.05) is 12.5 Å². The van der Waals surface area contributed by atoms with Crippen molar-refractivity contribution in [3.8, 4) is 11.5 Å². The molecule has 1 N–H and O–H groups in total. The van der Waals surface area contributed by atoms with E-state index >= 15 is 0 Å². The molecule has 0 saturated heterocycles. The molecule has 0 bridgehead atoms. The van der Waals surface area contributed by atoms with Crippen LogP contribution < -0.4 is 4.89 Å². The molecule has 0 aliphatic heterocycles. The van der Waals surface area contributed by atoms with Crippen LogP contribution in [0, 0.1) is 0 Å². The van der Waals surface area contributed by atoms with Crippen LogP contribution in [-0.2, 0) is 9.68 Å². The molecule has 0 radical (unpaired) electrons. The van der Waals surface area contributed by atoms with E-state index in [-0.39, 0.29) is 12.2 Å². The fourth-order valence-electron chi connectivity index (χ4n) is 0.689. The van der Waals surface area contributed by atoms with Crippen molar-refractivity contribution in [1.82, 2.24) is 0 Å². The molecule has 0 amide bonds. The first-order valence-corrected chi connectivity index (χ1v) is 3.88. The highest BCUT2D eigenvalue weighted by Crippen LogP contribution is 2.17. The van der Waals surface area contributed by atoms with Crippen molar-refractivity contribution in [3.05, 3.63) is 24.3 Å². The van der Waals surface area contributed by atoms with Gasteiger partial charge in [0.05, 0.1) is 0 Å². The number of phenolic OH excluding ortho intramolecular Hbond substituents is 1. The van der Waals surface area contributed by atoms with E-state index in [1.807, 2.05) is 0 Å². The van der Waals surface area contributed by atoms with Crippen LogP contribution in [0.25, 0.3) is 0 Å². The molecule has 4 heteroatoms. The summed E-state index contributed by atoms with van der Waals surface area (Å²) in [6.45, 7) is 1.66. The van der Waals surface area contributed by atoms with Gasteiger partial charge in [-0.1, -0.05) is 13.0 Å². The minimum atomic E-state index is -0.455. The molecule has 0 heterocycles. The lowest BCUT2D eigenvalue weighted by atomic mass is 10.3. The number of rotatable bonds is 3. The van der Waals surface area contributed by atoms with Crippen LogP contribution in [0.2, 0.25) is 0 Å². The highest BCUT2D eigenvalue weighted by atomic mass is 17.2. The largest absolute Gasteiger partial charge is 0.508 e. The second-order valence-corrected chi connectivity index (χ2v) is 2.39. The lowest BCUT2D eigenvalue weighted by Crippen LogP contribution is -2.05. The first-order valence-electron chi connectivity index (χ1n) is 3.88. The third kappa shape index (κ3) is 3.02. The third-order valence-corrected chi connectivity index (χ3v) is 1.34. The van der Waals surface area contributed by atoms with Crippen LogP contribution in [0.5, 0.6) is 11.5 Å². The van der Waals surface area contributed by atoms with Crippen molar-refractivity contribution in [2.24, 2.45) is 0 Å². The van der Waals surface area contributed by atoms with Gasteiger partial charge in [-0.25, -0.2) is 4.79 Å². The molecule has 4 nitrogen and oxygen atoms in total. The fraction of sp³-hybridized carbons (Fsp3) is 0.222. The van der Waals surface area contributed by atoms with E-state index in [9.17, 15) is 4.79 Å².